The number of aryl methyl sites for hydroxylation is 1. The Bertz CT molecular complexity index is 986. The van der Waals surface area contributed by atoms with Gasteiger partial charge in [-0.3, -0.25) is 0 Å². The standard InChI is InChI=1S/C22H16N.Ir/c1-16-6-4-8-18(14-16)19-9-5-10-20(15-19)22-21-11-3-2-7-17(21)12-13-23-22;/h2-9,11-15H,1H3;/q-1;. The van der Waals surface area contributed by atoms with Crippen LogP contribution in [0.5, 0.6) is 0 Å². The average molecular weight is 487 g/mol. The summed E-state index contributed by atoms with van der Waals surface area (Å²) in [6.45, 7) is 2.12. The summed E-state index contributed by atoms with van der Waals surface area (Å²) in [4.78, 5) is 4.60. The summed E-state index contributed by atoms with van der Waals surface area (Å²) in [5.41, 5.74) is 5.69. The third kappa shape index (κ3) is 3.17. The topological polar surface area (TPSA) is 12.9 Å². The second-order valence-corrected chi connectivity index (χ2v) is 5.74. The normalized spacial score (nSPS) is 10.4. The molecule has 1 radical (unpaired) electrons. The van der Waals surface area contributed by atoms with Crippen molar-refractivity contribution in [1.82, 2.24) is 4.98 Å². The van der Waals surface area contributed by atoms with Gasteiger partial charge in [0, 0.05) is 26.3 Å². The van der Waals surface area contributed by atoms with E-state index in [4.69, 9.17) is 0 Å². The van der Waals surface area contributed by atoms with Crippen LogP contribution in [0.4, 0.5) is 0 Å². The Balaban J connectivity index is 0.00000169. The second kappa shape index (κ2) is 7.09. The Kier molecular flexibility index (Phi) is 4.89. The van der Waals surface area contributed by atoms with Gasteiger partial charge < -0.3 is 4.98 Å². The maximum Gasteiger partial charge on any atom is 0.0167 e. The first-order valence-corrected chi connectivity index (χ1v) is 7.74. The van der Waals surface area contributed by atoms with Crippen LogP contribution in [0, 0.1) is 13.0 Å². The molecule has 24 heavy (non-hydrogen) atoms. The summed E-state index contributed by atoms with van der Waals surface area (Å²) < 4.78 is 0. The molecule has 1 aromatic heterocycles. The average Bonchev–Trinajstić information content (AvgIpc) is 2.61. The molecule has 0 atom stereocenters. The Labute approximate surface area is 155 Å². The van der Waals surface area contributed by atoms with Crippen LogP contribution in [-0.4, -0.2) is 4.98 Å². The minimum atomic E-state index is 0. The van der Waals surface area contributed by atoms with Gasteiger partial charge >= 0.3 is 0 Å². The van der Waals surface area contributed by atoms with Gasteiger partial charge in [-0.05, 0) is 35.0 Å². The molecule has 0 bridgehead atoms. The SMILES string of the molecule is Cc1cccc(-c2cc[c-]c(-c3nccc4ccccc34)c2)c1.[Ir]. The summed E-state index contributed by atoms with van der Waals surface area (Å²) in [6.07, 6.45) is 1.87. The summed E-state index contributed by atoms with van der Waals surface area (Å²) in [6, 6.07) is 28.5. The molecule has 0 fully saturated rings. The number of hydrogen-bond acceptors (Lipinski definition) is 1. The van der Waals surface area contributed by atoms with Crippen molar-refractivity contribution < 1.29 is 20.1 Å². The molecule has 0 unspecified atom stereocenters. The van der Waals surface area contributed by atoms with E-state index in [0.29, 0.717) is 0 Å². The van der Waals surface area contributed by atoms with E-state index in [2.05, 4.69) is 78.6 Å². The zero-order valence-corrected chi connectivity index (χ0v) is 15.7. The Morgan fingerprint density at radius 3 is 2.54 bits per heavy atom. The first-order chi connectivity index (χ1) is 11.3. The number of pyridine rings is 1. The van der Waals surface area contributed by atoms with Gasteiger partial charge in [0.15, 0.2) is 0 Å². The molecular weight excluding hydrogens is 470 g/mol. The molecular formula is C22H16IrN-. The van der Waals surface area contributed by atoms with Gasteiger partial charge in [0.1, 0.15) is 0 Å². The molecule has 0 aliphatic heterocycles. The number of fused-ring (bicyclic) bond motifs is 1. The fourth-order valence-electron chi connectivity index (χ4n) is 2.94. The van der Waals surface area contributed by atoms with Crippen LogP contribution in [0.2, 0.25) is 0 Å². The van der Waals surface area contributed by atoms with Crippen molar-refractivity contribution in [2.75, 3.05) is 0 Å². The van der Waals surface area contributed by atoms with Crippen LogP contribution in [-0.2, 0) is 20.1 Å². The van der Waals surface area contributed by atoms with E-state index in [1.807, 2.05) is 18.3 Å². The van der Waals surface area contributed by atoms with Gasteiger partial charge in [-0.25, -0.2) is 0 Å². The van der Waals surface area contributed by atoms with Gasteiger partial charge in [0.25, 0.3) is 0 Å². The fraction of sp³-hybridized carbons (Fsp3) is 0.0455. The quantitative estimate of drug-likeness (QED) is 0.333. The molecule has 0 spiro atoms. The number of hydrogen-bond donors (Lipinski definition) is 0. The van der Waals surface area contributed by atoms with E-state index in [1.165, 1.54) is 22.1 Å². The van der Waals surface area contributed by atoms with Crippen molar-refractivity contribution in [2.45, 2.75) is 6.92 Å². The minimum Gasteiger partial charge on any atom is -0.304 e. The minimum absolute atomic E-state index is 0. The molecule has 1 nitrogen and oxygen atoms in total. The third-order valence-electron chi connectivity index (χ3n) is 4.08. The van der Waals surface area contributed by atoms with Crippen molar-refractivity contribution in [1.29, 1.82) is 0 Å². The van der Waals surface area contributed by atoms with Crippen molar-refractivity contribution >= 4 is 10.8 Å². The van der Waals surface area contributed by atoms with E-state index in [0.717, 1.165) is 16.6 Å². The van der Waals surface area contributed by atoms with E-state index in [1.54, 1.807) is 0 Å². The Morgan fingerprint density at radius 2 is 1.67 bits per heavy atom. The largest absolute Gasteiger partial charge is 0.304 e. The molecule has 1 heterocycles. The molecule has 3 aromatic carbocycles. The van der Waals surface area contributed by atoms with Crippen molar-refractivity contribution in [3.63, 3.8) is 0 Å². The molecule has 0 aliphatic carbocycles. The van der Waals surface area contributed by atoms with E-state index < -0.39 is 0 Å². The molecule has 4 rings (SSSR count). The predicted octanol–water partition coefficient (Wildman–Crippen LogP) is 5.67. The monoisotopic (exact) mass is 487 g/mol. The van der Waals surface area contributed by atoms with E-state index in [-0.39, 0.29) is 20.1 Å². The second-order valence-electron chi connectivity index (χ2n) is 5.74. The zero-order valence-electron chi connectivity index (χ0n) is 13.3. The van der Waals surface area contributed by atoms with E-state index in [9.17, 15) is 0 Å². The fourth-order valence-corrected chi connectivity index (χ4v) is 2.94. The van der Waals surface area contributed by atoms with Crippen molar-refractivity contribution in [3.05, 3.63) is 90.6 Å². The number of rotatable bonds is 2. The Hall–Kier alpha value is -2.28. The molecule has 0 saturated heterocycles. The molecule has 0 N–H and O–H groups in total. The summed E-state index contributed by atoms with van der Waals surface area (Å²) in [5, 5.41) is 2.36. The van der Waals surface area contributed by atoms with Crippen LogP contribution in [0.15, 0.2) is 79.0 Å². The van der Waals surface area contributed by atoms with Gasteiger partial charge in [0.05, 0.1) is 0 Å². The van der Waals surface area contributed by atoms with Crippen LogP contribution in [0.25, 0.3) is 33.2 Å². The van der Waals surface area contributed by atoms with Crippen molar-refractivity contribution in [3.8, 4) is 22.4 Å². The maximum atomic E-state index is 4.60. The molecule has 0 amide bonds. The van der Waals surface area contributed by atoms with Crippen LogP contribution >= 0.6 is 0 Å². The summed E-state index contributed by atoms with van der Waals surface area (Å²) >= 11 is 0. The maximum absolute atomic E-state index is 4.60. The van der Waals surface area contributed by atoms with Gasteiger partial charge in [0.2, 0.25) is 0 Å². The number of nitrogens with zero attached hydrogens (tertiary/aromatic N) is 1. The van der Waals surface area contributed by atoms with Crippen molar-refractivity contribution in [2.24, 2.45) is 0 Å². The third-order valence-corrected chi connectivity index (χ3v) is 4.08. The number of benzene rings is 3. The van der Waals surface area contributed by atoms with Gasteiger partial charge in [-0.15, -0.1) is 35.4 Å². The summed E-state index contributed by atoms with van der Waals surface area (Å²) in [7, 11) is 0. The van der Waals surface area contributed by atoms with Gasteiger partial charge in [-0.2, -0.15) is 0 Å². The number of aromatic nitrogens is 1. The zero-order chi connectivity index (χ0) is 15.6. The molecule has 119 valence electrons. The van der Waals surface area contributed by atoms with E-state index >= 15 is 0 Å². The van der Waals surface area contributed by atoms with Crippen LogP contribution in [0.1, 0.15) is 5.56 Å². The molecule has 2 heteroatoms. The van der Waals surface area contributed by atoms with Crippen LogP contribution < -0.4 is 0 Å². The van der Waals surface area contributed by atoms with Gasteiger partial charge in [-0.1, -0.05) is 54.1 Å². The smallest absolute Gasteiger partial charge is 0.0167 e. The molecule has 0 aliphatic rings. The molecule has 0 saturated carbocycles. The first kappa shape index (κ1) is 16.6. The van der Waals surface area contributed by atoms with Crippen LogP contribution in [0.3, 0.4) is 0 Å². The summed E-state index contributed by atoms with van der Waals surface area (Å²) in [5.74, 6) is 0. The Morgan fingerprint density at radius 1 is 0.833 bits per heavy atom. The predicted molar refractivity (Wildman–Crippen MR) is 96.2 cm³/mol. The first-order valence-electron chi connectivity index (χ1n) is 7.74. The molecule has 4 aromatic rings.